The molecule has 1 amide bonds. The third kappa shape index (κ3) is 8.43. The van der Waals surface area contributed by atoms with Gasteiger partial charge < -0.3 is 18.9 Å². The molecule has 0 aliphatic carbocycles. The summed E-state index contributed by atoms with van der Waals surface area (Å²) >= 11 is 17.7. The number of halogens is 3. The van der Waals surface area contributed by atoms with Crippen LogP contribution in [0.15, 0.2) is 41.3 Å². The lowest BCUT2D eigenvalue weighted by Crippen LogP contribution is -2.30. The van der Waals surface area contributed by atoms with Crippen LogP contribution in [0, 0.1) is 10.1 Å². The molecule has 0 bridgehead atoms. The van der Waals surface area contributed by atoms with E-state index in [9.17, 15) is 24.5 Å². The van der Waals surface area contributed by atoms with E-state index in [0.29, 0.717) is 5.75 Å². The molecule has 0 radical (unpaired) electrons. The summed E-state index contributed by atoms with van der Waals surface area (Å²) in [7, 11) is 0. The first-order chi connectivity index (χ1) is 16.5. The number of non-ortho nitro benzene ring substituents is 1. The van der Waals surface area contributed by atoms with E-state index < -0.39 is 44.9 Å². The first-order valence-electron chi connectivity index (χ1n) is 9.46. The van der Waals surface area contributed by atoms with Gasteiger partial charge in [-0.3, -0.25) is 20.0 Å². The fraction of sp³-hybridized carbons (Fsp3) is 0.333. The van der Waals surface area contributed by atoms with Gasteiger partial charge in [0.2, 0.25) is 3.79 Å². The van der Waals surface area contributed by atoms with Gasteiger partial charge in [-0.05, 0) is 18.2 Å². The lowest BCUT2D eigenvalue weighted by molar-refractivity contribution is -0.384. The Labute approximate surface area is 215 Å². The van der Waals surface area contributed by atoms with E-state index in [0.717, 1.165) is 0 Å². The highest BCUT2D eigenvalue weighted by molar-refractivity contribution is 8.00. The average Bonchev–Trinajstić information content (AvgIpc) is 3.25. The fourth-order valence-electron chi connectivity index (χ4n) is 2.56. The SMILES string of the molecule is O=C(Nc1ccn(C2CS[C@H](COC(=O)Oc3ccc([N+](=O)[O-])cc3)O2)c(=O)n1)OCC(Cl)(Cl)Cl. The van der Waals surface area contributed by atoms with Crippen LogP contribution in [-0.4, -0.2) is 54.9 Å². The largest absolute Gasteiger partial charge is 0.513 e. The number of benzene rings is 1. The molecule has 17 heteroatoms. The maximum absolute atomic E-state index is 12.3. The Hall–Kier alpha value is -2.78. The molecule has 1 unspecified atom stereocenters. The van der Waals surface area contributed by atoms with E-state index in [2.05, 4.69) is 10.3 Å². The van der Waals surface area contributed by atoms with Gasteiger partial charge in [-0.25, -0.2) is 14.4 Å². The second-order valence-electron chi connectivity index (χ2n) is 6.59. The second-order valence-corrected chi connectivity index (χ2v) is 10.3. The van der Waals surface area contributed by atoms with Crippen LogP contribution in [0.4, 0.5) is 21.1 Å². The fourth-order valence-corrected chi connectivity index (χ4v) is 3.72. The van der Waals surface area contributed by atoms with Crippen molar-refractivity contribution in [2.45, 2.75) is 15.5 Å². The van der Waals surface area contributed by atoms with Crippen LogP contribution < -0.4 is 15.7 Å². The minimum atomic E-state index is -1.78. The average molecular weight is 570 g/mol. The van der Waals surface area contributed by atoms with Crippen LogP contribution in [0.1, 0.15) is 6.23 Å². The van der Waals surface area contributed by atoms with Gasteiger partial charge >= 0.3 is 17.9 Å². The van der Waals surface area contributed by atoms with Gasteiger partial charge in [0, 0.05) is 24.1 Å². The van der Waals surface area contributed by atoms with Crippen molar-refractivity contribution in [3.05, 3.63) is 57.1 Å². The maximum atomic E-state index is 12.3. The first kappa shape index (κ1) is 26.8. The van der Waals surface area contributed by atoms with Gasteiger partial charge in [0.25, 0.3) is 5.69 Å². The quantitative estimate of drug-likeness (QED) is 0.169. The zero-order valence-electron chi connectivity index (χ0n) is 17.3. The molecule has 1 aromatic carbocycles. The lowest BCUT2D eigenvalue weighted by atomic mass is 10.3. The summed E-state index contributed by atoms with van der Waals surface area (Å²) in [6, 6.07) is 6.23. The molecule has 1 aliphatic heterocycles. The number of alkyl halides is 3. The Morgan fingerprint density at radius 3 is 2.60 bits per heavy atom. The number of aromatic nitrogens is 2. The molecule has 188 valence electrons. The van der Waals surface area contributed by atoms with Crippen molar-refractivity contribution in [3.63, 3.8) is 0 Å². The summed E-state index contributed by atoms with van der Waals surface area (Å²) in [5.74, 6) is 0.339. The zero-order chi connectivity index (χ0) is 25.6. The van der Waals surface area contributed by atoms with Crippen molar-refractivity contribution < 1.29 is 33.5 Å². The molecule has 0 saturated carbocycles. The van der Waals surface area contributed by atoms with Gasteiger partial charge in [0.1, 0.15) is 36.4 Å². The Balaban J connectivity index is 1.46. The molecule has 2 aromatic rings. The summed E-state index contributed by atoms with van der Waals surface area (Å²) in [5, 5.41) is 12.9. The number of nitro benzene ring substituents is 1. The molecule has 1 fully saturated rings. The van der Waals surface area contributed by atoms with Crippen molar-refractivity contribution in [3.8, 4) is 5.75 Å². The van der Waals surface area contributed by atoms with Crippen molar-refractivity contribution in [2.24, 2.45) is 0 Å². The number of nitro groups is 1. The molecule has 0 spiro atoms. The highest BCUT2D eigenvalue weighted by Gasteiger charge is 2.29. The van der Waals surface area contributed by atoms with Crippen LogP contribution in [0.3, 0.4) is 0 Å². The molecule has 1 N–H and O–H groups in total. The Bertz CT molecular complexity index is 1140. The number of nitrogens with one attached hydrogen (secondary N) is 1. The highest BCUT2D eigenvalue weighted by Crippen LogP contribution is 2.31. The second kappa shape index (κ2) is 11.8. The van der Waals surface area contributed by atoms with E-state index in [-0.39, 0.29) is 23.9 Å². The van der Waals surface area contributed by atoms with Crippen molar-refractivity contribution in [1.82, 2.24) is 9.55 Å². The topological polar surface area (TPSA) is 161 Å². The number of nitrogens with zero attached hydrogens (tertiary/aromatic N) is 3. The molecule has 3 rings (SSSR count). The first-order valence-corrected chi connectivity index (χ1v) is 11.6. The van der Waals surface area contributed by atoms with Gasteiger partial charge in [0.05, 0.1) is 4.92 Å². The van der Waals surface area contributed by atoms with Crippen LogP contribution >= 0.6 is 46.6 Å². The number of hydrogen-bond donors (Lipinski definition) is 1. The van der Waals surface area contributed by atoms with Crippen LogP contribution in [0.5, 0.6) is 5.75 Å². The van der Waals surface area contributed by atoms with Gasteiger partial charge in [-0.15, -0.1) is 11.8 Å². The number of amides is 1. The maximum Gasteiger partial charge on any atom is 0.513 e. The predicted octanol–water partition coefficient (Wildman–Crippen LogP) is 3.87. The zero-order valence-corrected chi connectivity index (χ0v) is 20.4. The molecule has 2 heterocycles. The third-order valence-electron chi connectivity index (χ3n) is 4.06. The number of carbonyl (C=O) groups is 2. The number of ether oxygens (including phenoxy) is 4. The number of hydrogen-bond acceptors (Lipinski definition) is 11. The molecular formula is C18H15Cl3N4O9S. The smallest absolute Gasteiger partial charge is 0.445 e. The molecule has 2 atom stereocenters. The Morgan fingerprint density at radius 2 is 1.97 bits per heavy atom. The van der Waals surface area contributed by atoms with E-state index in [4.69, 9.17) is 53.8 Å². The molecule has 13 nitrogen and oxygen atoms in total. The third-order valence-corrected chi connectivity index (χ3v) is 5.48. The van der Waals surface area contributed by atoms with Crippen molar-refractivity contribution >= 4 is 70.3 Å². The summed E-state index contributed by atoms with van der Waals surface area (Å²) < 4.78 is 19.7. The van der Waals surface area contributed by atoms with Gasteiger partial charge in [0.15, 0.2) is 0 Å². The highest BCUT2D eigenvalue weighted by atomic mass is 35.6. The van der Waals surface area contributed by atoms with Crippen molar-refractivity contribution in [2.75, 3.05) is 24.3 Å². The normalized spacial score (nSPS) is 17.5. The Kier molecular flexibility index (Phi) is 9.02. The minimum Gasteiger partial charge on any atom is -0.445 e. The standard InChI is InChI=1S/C18H15Cl3N4O9S/c19-18(20,21)9-32-16(27)23-12-5-6-24(15(26)22-12)13-8-35-14(34-13)7-31-17(28)33-11-3-1-10(2-4-11)25(29)30/h1-6,13-14H,7-9H2,(H,22,23,26,27)/t13?,14-/m1/s1. The van der Waals surface area contributed by atoms with E-state index in [1.807, 2.05) is 0 Å². The van der Waals surface area contributed by atoms with Crippen LogP contribution in [-0.2, 0) is 14.2 Å². The Morgan fingerprint density at radius 1 is 1.26 bits per heavy atom. The molecular weight excluding hydrogens is 555 g/mol. The van der Waals surface area contributed by atoms with Crippen molar-refractivity contribution in [1.29, 1.82) is 0 Å². The van der Waals surface area contributed by atoms with Crippen LogP contribution in [0.2, 0.25) is 0 Å². The van der Waals surface area contributed by atoms with E-state index in [1.54, 1.807) is 0 Å². The lowest BCUT2D eigenvalue weighted by Gasteiger charge is -2.15. The predicted molar refractivity (Wildman–Crippen MR) is 125 cm³/mol. The molecule has 35 heavy (non-hydrogen) atoms. The minimum absolute atomic E-state index is 0.0703. The number of carbonyl (C=O) groups excluding carboxylic acids is 2. The van der Waals surface area contributed by atoms with E-state index in [1.165, 1.54) is 52.9 Å². The molecule has 1 aliphatic rings. The van der Waals surface area contributed by atoms with E-state index >= 15 is 0 Å². The van der Waals surface area contributed by atoms with Crippen LogP contribution in [0.25, 0.3) is 0 Å². The van der Waals surface area contributed by atoms with Gasteiger partial charge in [-0.2, -0.15) is 4.98 Å². The molecule has 1 aromatic heterocycles. The monoisotopic (exact) mass is 568 g/mol. The number of rotatable bonds is 7. The summed E-state index contributed by atoms with van der Waals surface area (Å²) in [5.41, 5.74) is -1.46. The van der Waals surface area contributed by atoms with Gasteiger partial charge in [-0.1, -0.05) is 34.8 Å². The number of thioether (sulfide) groups is 1. The summed E-state index contributed by atoms with van der Waals surface area (Å²) in [4.78, 5) is 49.6. The number of anilines is 1. The summed E-state index contributed by atoms with van der Waals surface area (Å²) in [6.07, 6.45) is -1.34. The molecule has 1 saturated heterocycles. The summed E-state index contributed by atoms with van der Waals surface area (Å²) in [6.45, 7) is -0.678.